The molecule has 1 aromatic rings. The van der Waals surface area contributed by atoms with Crippen LogP contribution < -0.4 is 11.3 Å². The lowest BCUT2D eigenvalue weighted by Crippen LogP contribution is -2.52. The molecule has 18 heavy (non-hydrogen) atoms. The summed E-state index contributed by atoms with van der Waals surface area (Å²) in [5.74, 6) is 5.71. The molecule has 2 unspecified atom stereocenters. The van der Waals surface area contributed by atoms with Crippen molar-refractivity contribution in [3.05, 3.63) is 35.4 Å². The minimum absolute atomic E-state index is 0.127. The van der Waals surface area contributed by atoms with Crippen LogP contribution in [-0.2, 0) is 17.6 Å². The maximum atomic E-state index is 5.87. The Bertz CT molecular complexity index is 369. The number of ether oxygens (including phenoxy) is 1. The molecule has 2 atom stereocenters. The van der Waals surface area contributed by atoms with Gasteiger partial charge in [-0.1, -0.05) is 31.2 Å². The van der Waals surface area contributed by atoms with E-state index in [1.54, 1.807) is 0 Å². The number of nitrogens with two attached hydrogens (primary N) is 1. The zero-order valence-corrected chi connectivity index (χ0v) is 11.4. The fourth-order valence-corrected chi connectivity index (χ4v) is 2.67. The Balaban J connectivity index is 2.05. The molecule has 0 aromatic heterocycles. The second kappa shape index (κ2) is 5.83. The summed E-state index contributed by atoms with van der Waals surface area (Å²) in [5, 5.41) is 0. The third-order valence-corrected chi connectivity index (χ3v) is 4.06. The fourth-order valence-electron chi connectivity index (χ4n) is 2.67. The predicted molar refractivity (Wildman–Crippen MR) is 74.2 cm³/mol. The molecule has 1 aliphatic rings. The number of hydrogen-bond acceptors (Lipinski definition) is 3. The molecule has 0 amide bonds. The highest BCUT2D eigenvalue weighted by atomic mass is 16.5. The quantitative estimate of drug-likeness (QED) is 0.620. The number of aryl methyl sites for hydroxylation is 1. The van der Waals surface area contributed by atoms with Crippen molar-refractivity contribution >= 4 is 0 Å². The van der Waals surface area contributed by atoms with Crippen LogP contribution in [-0.4, -0.2) is 18.2 Å². The van der Waals surface area contributed by atoms with E-state index in [9.17, 15) is 0 Å². The standard InChI is InChI=1S/C15H24N2O/c1-3-12-5-7-13(8-6-12)11-14(17-16)15(2)9-4-10-18-15/h5-8,14,17H,3-4,9-11,16H2,1-2H3. The largest absolute Gasteiger partial charge is 0.374 e. The van der Waals surface area contributed by atoms with E-state index in [2.05, 4.69) is 43.5 Å². The number of hydrogen-bond donors (Lipinski definition) is 2. The monoisotopic (exact) mass is 248 g/mol. The molecule has 2 rings (SSSR count). The summed E-state index contributed by atoms with van der Waals surface area (Å²) in [6, 6.07) is 8.96. The molecule has 0 bridgehead atoms. The van der Waals surface area contributed by atoms with Gasteiger partial charge in [-0.25, -0.2) is 0 Å². The van der Waals surface area contributed by atoms with Gasteiger partial charge in [0.05, 0.1) is 11.6 Å². The molecule has 0 saturated carbocycles. The van der Waals surface area contributed by atoms with Crippen molar-refractivity contribution in [2.75, 3.05) is 6.61 Å². The van der Waals surface area contributed by atoms with Crippen LogP contribution in [0, 0.1) is 0 Å². The minimum atomic E-state index is -0.127. The van der Waals surface area contributed by atoms with E-state index in [1.165, 1.54) is 11.1 Å². The van der Waals surface area contributed by atoms with Crippen molar-refractivity contribution in [3.8, 4) is 0 Å². The lowest BCUT2D eigenvalue weighted by molar-refractivity contribution is -0.0115. The van der Waals surface area contributed by atoms with Gasteiger partial charge >= 0.3 is 0 Å². The Morgan fingerprint density at radius 2 is 2.00 bits per heavy atom. The highest BCUT2D eigenvalue weighted by Gasteiger charge is 2.37. The van der Waals surface area contributed by atoms with Gasteiger partial charge in [0.25, 0.3) is 0 Å². The summed E-state index contributed by atoms with van der Waals surface area (Å²) in [5.41, 5.74) is 5.50. The second-order valence-corrected chi connectivity index (χ2v) is 5.36. The molecule has 0 radical (unpaired) electrons. The fraction of sp³-hybridized carbons (Fsp3) is 0.600. The van der Waals surface area contributed by atoms with E-state index < -0.39 is 0 Å². The highest BCUT2D eigenvalue weighted by molar-refractivity contribution is 5.23. The number of hydrazine groups is 1. The maximum Gasteiger partial charge on any atom is 0.0824 e. The normalized spacial score (nSPS) is 25.3. The van der Waals surface area contributed by atoms with Crippen LogP contribution in [0.5, 0.6) is 0 Å². The van der Waals surface area contributed by atoms with Crippen molar-refractivity contribution in [1.29, 1.82) is 0 Å². The van der Waals surface area contributed by atoms with Gasteiger partial charge in [-0.2, -0.15) is 0 Å². The van der Waals surface area contributed by atoms with Gasteiger partial charge < -0.3 is 4.74 Å². The Morgan fingerprint density at radius 1 is 1.33 bits per heavy atom. The summed E-state index contributed by atoms with van der Waals surface area (Å²) in [6.45, 7) is 5.18. The summed E-state index contributed by atoms with van der Waals surface area (Å²) >= 11 is 0. The van der Waals surface area contributed by atoms with Crippen LogP contribution in [0.3, 0.4) is 0 Å². The minimum Gasteiger partial charge on any atom is -0.374 e. The van der Waals surface area contributed by atoms with Crippen LogP contribution in [0.2, 0.25) is 0 Å². The molecule has 3 nitrogen and oxygen atoms in total. The Morgan fingerprint density at radius 3 is 2.50 bits per heavy atom. The third kappa shape index (κ3) is 2.91. The lowest BCUT2D eigenvalue weighted by atomic mass is 9.88. The Hall–Kier alpha value is -0.900. The average molecular weight is 248 g/mol. The van der Waals surface area contributed by atoms with Gasteiger partial charge in [0, 0.05) is 6.61 Å². The summed E-state index contributed by atoms with van der Waals surface area (Å²) < 4.78 is 5.87. The molecule has 3 heteroatoms. The first-order valence-electron chi connectivity index (χ1n) is 6.86. The molecule has 3 N–H and O–H groups in total. The van der Waals surface area contributed by atoms with E-state index in [1.807, 2.05) is 0 Å². The predicted octanol–water partition coefficient (Wildman–Crippen LogP) is 2.19. The first-order chi connectivity index (χ1) is 8.68. The lowest BCUT2D eigenvalue weighted by Gasteiger charge is -2.33. The molecule has 0 aliphatic carbocycles. The molecular weight excluding hydrogens is 224 g/mol. The summed E-state index contributed by atoms with van der Waals surface area (Å²) in [7, 11) is 0. The van der Waals surface area contributed by atoms with E-state index in [-0.39, 0.29) is 11.6 Å². The first-order valence-corrected chi connectivity index (χ1v) is 6.86. The SMILES string of the molecule is CCc1ccc(CC(NN)C2(C)CCCO2)cc1. The van der Waals surface area contributed by atoms with Crippen LogP contribution >= 0.6 is 0 Å². The molecule has 100 valence electrons. The van der Waals surface area contributed by atoms with Gasteiger partial charge in [0.2, 0.25) is 0 Å². The van der Waals surface area contributed by atoms with E-state index in [0.29, 0.717) is 0 Å². The third-order valence-electron chi connectivity index (χ3n) is 4.06. The molecule has 1 saturated heterocycles. The number of benzene rings is 1. The van der Waals surface area contributed by atoms with Crippen LogP contribution in [0.1, 0.15) is 37.8 Å². The zero-order chi connectivity index (χ0) is 13.0. The van der Waals surface area contributed by atoms with Gasteiger partial charge in [0.1, 0.15) is 0 Å². The van der Waals surface area contributed by atoms with Gasteiger partial charge in [-0.05, 0) is 43.7 Å². The van der Waals surface area contributed by atoms with Crippen LogP contribution in [0.25, 0.3) is 0 Å². The molecule has 1 aromatic carbocycles. The molecule has 1 fully saturated rings. The van der Waals surface area contributed by atoms with Gasteiger partial charge in [-0.3, -0.25) is 11.3 Å². The zero-order valence-electron chi connectivity index (χ0n) is 11.4. The van der Waals surface area contributed by atoms with E-state index in [4.69, 9.17) is 10.6 Å². The van der Waals surface area contributed by atoms with Crippen molar-refractivity contribution in [3.63, 3.8) is 0 Å². The molecular formula is C15H24N2O. The number of nitrogens with one attached hydrogen (secondary N) is 1. The first kappa shape index (κ1) is 13.5. The van der Waals surface area contributed by atoms with Gasteiger partial charge in [0.15, 0.2) is 0 Å². The van der Waals surface area contributed by atoms with Crippen LogP contribution in [0.15, 0.2) is 24.3 Å². The van der Waals surface area contributed by atoms with Crippen molar-refractivity contribution < 1.29 is 4.74 Å². The van der Waals surface area contributed by atoms with E-state index in [0.717, 1.165) is 32.3 Å². The molecule has 0 spiro atoms. The topological polar surface area (TPSA) is 47.3 Å². The molecule has 1 aliphatic heterocycles. The van der Waals surface area contributed by atoms with Crippen molar-refractivity contribution in [2.45, 2.75) is 51.2 Å². The van der Waals surface area contributed by atoms with Crippen molar-refractivity contribution in [2.24, 2.45) is 5.84 Å². The van der Waals surface area contributed by atoms with Crippen LogP contribution in [0.4, 0.5) is 0 Å². The second-order valence-electron chi connectivity index (χ2n) is 5.36. The highest BCUT2D eigenvalue weighted by Crippen LogP contribution is 2.30. The Kier molecular flexibility index (Phi) is 4.38. The number of rotatable bonds is 5. The smallest absolute Gasteiger partial charge is 0.0824 e. The maximum absolute atomic E-state index is 5.87. The van der Waals surface area contributed by atoms with E-state index >= 15 is 0 Å². The van der Waals surface area contributed by atoms with Crippen molar-refractivity contribution in [1.82, 2.24) is 5.43 Å². The van der Waals surface area contributed by atoms with Gasteiger partial charge in [-0.15, -0.1) is 0 Å². The molecule has 1 heterocycles. The average Bonchev–Trinajstić information content (AvgIpc) is 2.84. The summed E-state index contributed by atoms with van der Waals surface area (Å²) in [4.78, 5) is 0. The summed E-state index contributed by atoms with van der Waals surface area (Å²) in [6.07, 6.45) is 4.20. The Labute approximate surface area is 110 Å².